The van der Waals surface area contributed by atoms with E-state index in [1.807, 2.05) is 11.3 Å². The maximum absolute atomic E-state index is 4.45. The molecule has 1 fully saturated rings. The van der Waals surface area contributed by atoms with Crippen molar-refractivity contribution in [2.24, 2.45) is 0 Å². The van der Waals surface area contributed by atoms with Crippen LogP contribution < -0.4 is 5.32 Å². The molecule has 1 heterocycles. The third-order valence-electron chi connectivity index (χ3n) is 3.14. The molecule has 15 heavy (non-hydrogen) atoms. The molecule has 0 bridgehead atoms. The van der Waals surface area contributed by atoms with Crippen LogP contribution in [-0.2, 0) is 6.42 Å². The Kier molecular flexibility index (Phi) is 3.76. The van der Waals surface area contributed by atoms with Gasteiger partial charge in [0.15, 0.2) is 0 Å². The lowest BCUT2D eigenvalue weighted by molar-refractivity contribution is 0.528. The normalized spacial score (nSPS) is 17.5. The Balaban J connectivity index is 1.75. The van der Waals surface area contributed by atoms with E-state index in [0.717, 1.165) is 19.0 Å². The summed E-state index contributed by atoms with van der Waals surface area (Å²) in [5, 5.41) is 4.84. The van der Waals surface area contributed by atoms with Crippen LogP contribution in [0.3, 0.4) is 0 Å². The van der Waals surface area contributed by atoms with E-state index in [1.54, 1.807) is 0 Å². The van der Waals surface area contributed by atoms with E-state index in [1.165, 1.54) is 41.3 Å². The molecule has 0 radical (unpaired) electrons. The van der Waals surface area contributed by atoms with Crippen LogP contribution in [-0.4, -0.2) is 17.6 Å². The molecular weight excluding hydrogens is 204 g/mol. The molecule has 0 unspecified atom stereocenters. The molecule has 0 aliphatic heterocycles. The minimum absolute atomic E-state index is 0.791. The third-order valence-corrected chi connectivity index (χ3v) is 4.27. The van der Waals surface area contributed by atoms with E-state index < -0.39 is 0 Å². The Bertz CT molecular complexity index is 313. The maximum Gasteiger partial charge on any atom is 0.0900 e. The largest absolute Gasteiger partial charge is 0.314 e. The van der Waals surface area contributed by atoms with Crippen molar-refractivity contribution in [2.75, 3.05) is 6.54 Å². The van der Waals surface area contributed by atoms with Gasteiger partial charge >= 0.3 is 0 Å². The van der Waals surface area contributed by atoms with Gasteiger partial charge in [0.2, 0.25) is 0 Å². The van der Waals surface area contributed by atoms with Gasteiger partial charge in [0, 0.05) is 17.5 Å². The van der Waals surface area contributed by atoms with Crippen molar-refractivity contribution in [3.8, 4) is 0 Å². The highest BCUT2D eigenvalue weighted by Crippen LogP contribution is 2.19. The summed E-state index contributed by atoms with van der Waals surface area (Å²) in [6, 6.07) is 0.791. The second-order valence-electron chi connectivity index (χ2n) is 4.43. The van der Waals surface area contributed by atoms with Crippen molar-refractivity contribution in [1.29, 1.82) is 0 Å². The minimum atomic E-state index is 0.791. The average molecular weight is 224 g/mol. The lowest BCUT2D eigenvalue weighted by Gasteiger charge is -2.10. The molecule has 1 aliphatic carbocycles. The summed E-state index contributed by atoms with van der Waals surface area (Å²) in [4.78, 5) is 5.91. The lowest BCUT2D eigenvalue weighted by atomic mass is 10.2. The van der Waals surface area contributed by atoms with E-state index in [0.29, 0.717) is 0 Å². The molecule has 1 saturated carbocycles. The number of thiazole rings is 1. The summed E-state index contributed by atoms with van der Waals surface area (Å²) in [5.74, 6) is 0. The zero-order chi connectivity index (χ0) is 10.7. The van der Waals surface area contributed by atoms with Crippen molar-refractivity contribution < 1.29 is 0 Å². The molecule has 2 rings (SSSR count). The summed E-state index contributed by atoms with van der Waals surface area (Å²) in [5.41, 5.74) is 1.23. The van der Waals surface area contributed by atoms with Crippen LogP contribution in [0.15, 0.2) is 0 Å². The van der Waals surface area contributed by atoms with Crippen LogP contribution in [0.4, 0.5) is 0 Å². The van der Waals surface area contributed by atoms with Crippen LogP contribution in [0.2, 0.25) is 0 Å². The van der Waals surface area contributed by atoms with Gasteiger partial charge in [0.1, 0.15) is 0 Å². The molecule has 0 amide bonds. The van der Waals surface area contributed by atoms with E-state index in [-0.39, 0.29) is 0 Å². The third kappa shape index (κ3) is 3.02. The molecule has 3 heteroatoms. The monoisotopic (exact) mass is 224 g/mol. The van der Waals surface area contributed by atoms with Gasteiger partial charge in [-0.1, -0.05) is 12.8 Å². The van der Waals surface area contributed by atoms with Crippen LogP contribution in [0.1, 0.15) is 41.3 Å². The van der Waals surface area contributed by atoms with Gasteiger partial charge in [0.25, 0.3) is 0 Å². The predicted octanol–water partition coefficient (Wildman–Crippen LogP) is 2.83. The summed E-state index contributed by atoms with van der Waals surface area (Å²) < 4.78 is 0. The highest BCUT2D eigenvalue weighted by atomic mass is 32.1. The van der Waals surface area contributed by atoms with E-state index in [2.05, 4.69) is 24.1 Å². The van der Waals surface area contributed by atoms with Gasteiger partial charge in [-0.15, -0.1) is 11.3 Å². The van der Waals surface area contributed by atoms with E-state index in [9.17, 15) is 0 Å². The first-order valence-corrected chi connectivity index (χ1v) is 6.73. The first-order valence-electron chi connectivity index (χ1n) is 5.92. The molecule has 1 aliphatic rings. The molecule has 0 atom stereocenters. The van der Waals surface area contributed by atoms with Gasteiger partial charge < -0.3 is 5.32 Å². The number of aromatic nitrogens is 1. The van der Waals surface area contributed by atoms with Crippen LogP contribution in [0.5, 0.6) is 0 Å². The molecular formula is C12H20N2S. The maximum atomic E-state index is 4.45. The van der Waals surface area contributed by atoms with Gasteiger partial charge in [-0.25, -0.2) is 4.98 Å². The summed E-state index contributed by atoms with van der Waals surface area (Å²) in [7, 11) is 0. The number of aryl methyl sites for hydroxylation is 2. The first kappa shape index (κ1) is 11.1. The minimum Gasteiger partial charge on any atom is -0.314 e. The average Bonchev–Trinajstić information content (AvgIpc) is 2.77. The Hall–Kier alpha value is -0.410. The van der Waals surface area contributed by atoms with Crippen molar-refractivity contribution in [2.45, 2.75) is 52.0 Å². The van der Waals surface area contributed by atoms with Gasteiger partial charge in [-0.05, 0) is 33.1 Å². The van der Waals surface area contributed by atoms with Gasteiger partial charge in [0.05, 0.1) is 10.7 Å². The Morgan fingerprint density at radius 3 is 2.67 bits per heavy atom. The molecule has 2 nitrogen and oxygen atoms in total. The lowest BCUT2D eigenvalue weighted by Crippen LogP contribution is -2.27. The highest BCUT2D eigenvalue weighted by Gasteiger charge is 2.13. The van der Waals surface area contributed by atoms with E-state index >= 15 is 0 Å². The molecule has 0 spiro atoms. The fourth-order valence-corrected chi connectivity index (χ4v) is 3.26. The summed E-state index contributed by atoms with van der Waals surface area (Å²) in [6.07, 6.45) is 6.72. The number of nitrogens with zero attached hydrogens (tertiary/aromatic N) is 1. The molecule has 1 aromatic rings. The van der Waals surface area contributed by atoms with Crippen LogP contribution in [0.25, 0.3) is 0 Å². The smallest absolute Gasteiger partial charge is 0.0900 e. The molecule has 1 aromatic heterocycles. The van der Waals surface area contributed by atoms with Crippen molar-refractivity contribution in [3.63, 3.8) is 0 Å². The summed E-state index contributed by atoms with van der Waals surface area (Å²) >= 11 is 1.85. The van der Waals surface area contributed by atoms with Gasteiger partial charge in [-0.2, -0.15) is 0 Å². The SMILES string of the molecule is Cc1nc(C)c(CCNC2CCCC2)s1. The molecule has 1 N–H and O–H groups in total. The standard InChI is InChI=1S/C12H20N2S/c1-9-12(15-10(2)14-9)7-8-13-11-5-3-4-6-11/h11,13H,3-8H2,1-2H3. The highest BCUT2D eigenvalue weighted by molar-refractivity contribution is 7.11. The number of nitrogens with one attached hydrogen (secondary N) is 1. The second-order valence-corrected chi connectivity index (χ2v) is 5.71. The Morgan fingerprint density at radius 1 is 1.33 bits per heavy atom. The van der Waals surface area contributed by atoms with Crippen LogP contribution in [0, 0.1) is 13.8 Å². The molecule has 0 saturated heterocycles. The second kappa shape index (κ2) is 5.08. The van der Waals surface area contributed by atoms with Crippen molar-refractivity contribution in [1.82, 2.24) is 10.3 Å². The predicted molar refractivity (Wildman–Crippen MR) is 65.6 cm³/mol. The Labute approximate surface area is 96.1 Å². The van der Waals surface area contributed by atoms with Crippen molar-refractivity contribution >= 4 is 11.3 Å². The van der Waals surface area contributed by atoms with Crippen molar-refractivity contribution in [3.05, 3.63) is 15.6 Å². The topological polar surface area (TPSA) is 24.9 Å². The van der Waals surface area contributed by atoms with E-state index in [4.69, 9.17) is 0 Å². The zero-order valence-corrected chi connectivity index (χ0v) is 10.5. The Morgan fingerprint density at radius 2 is 2.07 bits per heavy atom. The van der Waals surface area contributed by atoms with Gasteiger partial charge in [-0.3, -0.25) is 0 Å². The first-order chi connectivity index (χ1) is 7.25. The quantitative estimate of drug-likeness (QED) is 0.850. The number of rotatable bonds is 4. The van der Waals surface area contributed by atoms with Crippen LogP contribution >= 0.6 is 11.3 Å². The number of hydrogen-bond acceptors (Lipinski definition) is 3. The molecule has 0 aromatic carbocycles. The fraction of sp³-hybridized carbons (Fsp3) is 0.750. The fourth-order valence-electron chi connectivity index (χ4n) is 2.33. The summed E-state index contributed by atoms with van der Waals surface area (Å²) in [6.45, 7) is 5.33. The molecule has 84 valence electrons. The number of hydrogen-bond donors (Lipinski definition) is 1. The zero-order valence-electron chi connectivity index (χ0n) is 9.68.